The van der Waals surface area contributed by atoms with Gasteiger partial charge in [0.15, 0.2) is 0 Å². The van der Waals surface area contributed by atoms with Crippen LogP contribution < -0.4 is 5.32 Å². The van der Waals surface area contributed by atoms with Crippen LogP contribution in [0.4, 0.5) is 0 Å². The Morgan fingerprint density at radius 2 is 2.24 bits per heavy atom. The second kappa shape index (κ2) is 6.14. The van der Waals surface area contributed by atoms with Gasteiger partial charge in [0.1, 0.15) is 0 Å². The van der Waals surface area contributed by atoms with Crippen molar-refractivity contribution >= 4 is 0 Å². The van der Waals surface area contributed by atoms with Gasteiger partial charge in [-0.15, -0.1) is 0 Å². The van der Waals surface area contributed by atoms with Crippen LogP contribution in [0.3, 0.4) is 0 Å². The number of hydrogen-bond acceptors (Lipinski definition) is 4. The average molecular weight is 237 g/mol. The zero-order valence-electron chi connectivity index (χ0n) is 10.8. The minimum atomic E-state index is 0.631. The van der Waals surface area contributed by atoms with E-state index in [-0.39, 0.29) is 0 Å². The number of nitrogens with one attached hydrogen (secondary N) is 1. The first kappa shape index (κ1) is 12.5. The highest BCUT2D eigenvalue weighted by Crippen LogP contribution is 2.04. The van der Waals surface area contributed by atoms with E-state index < -0.39 is 0 Å². The van der Waals surface area contributed by atoms with Crippen LogP contribution in [-0.4, -0.2) is 72.4 Å². The lowest BCUT2D eigenvalue weighted by atomic mass is 10.2. The molecule has 1 aliphatic heterocycles. The fourth-order valence-electron chi connectivity index (χ4n) is 2.22. The molecule has 1 atom stereocenters. The third-order valence-electron chi connectivity index (χ3n) is 3.44. The summed E-state index contributed by atoms with van der Waals surface area (Å²) in [5.74, 6) is 0. The van der Waals surface area contributed by atoms with Crippen LogP contribution in [0, 0.1) is 0 Å². The molecule has 17 heavy (non-hydrogen) atoms. The van der Waals surface area contributed by atoms with E-state index in [1.165, 1.54) is 13.1 Å². The van der Waals surface area contributed by atoms with E-state index in [9.17, 15) is 0 Å². The van der Waals surface area contributed by atoms with Crippen molar-refractivity contribution in [2.24, 2.45) is 0 Å². The zero-order valence-corrected chi connectivity index (χ0v) is 10.8. The highest BCUT2D eigenvalue weighted by Gasteiger charge is 2.21. The van der Waals surface area contributed by atoms with Crippen LogP contribution in [0.1, 0.15) is 0 Å². The summed E-state index contributed by atoms with van der Waals surface area (Å²) in [6.45, 7) is 6.49. The summed E-state index contributed by atoms with van der Waals surface area (Å²) in [5.41, 5.74) is 0. The first-order chi connectivity index (χ1) is 8.25. The zero-order chi connectivity index (χ0) is 12.1. The topological polar surface area (TPSA) is 36.3 Å². The van der Waals surface area contributed by atoms with Gasteiger partial charge in [-0.2, -0.15) is 5.10 Å². The fourth-order valence-corrected chi connectivity index (χ4v) is 2.22. The second-order valence-corrected chi connectivity index (χ2v) is 4.87. The average Bonchev–Trinajstić information content (AvgIpc) is 2.82. The van der Waals surface area contributed by atoms with Crippen molar-refractivity contribution in [3.8, 4) is 0 Å². The van der Waals surface area contributed by atoms with E-state index in [1.807, 2.05) is 23.1 Å². The van der Waals surface area contributed by atoms with Crippen LogP contribution in [0.2, 0.25) is 0 Å². The van der Waals surface area contributed by atoms with Gasteiger partial charge in [-0.3, -0.25) is 9.58 Å². The van der Waals surface area contributed by atoms with Gasteiger partial charge in [0, 0.05) is 51.2 Å². The van der Waals surface area contributed by atoms with Crippen molar-refractivity contribution < 1.29 is 0 Å². The highest BCUT2D eigenvalue weighted by molar-refractivity contribution is 4.81. The molecule has 0 aliphatic carbocycles. The van der Waals surface area contributed by atoms with Gasteiger partial charge in [-0.05, 0) is 20.2 Å². The summed E-state index contributed by atoms with van der Waals surface area (Å²) in [5, 5.41) is 7.70. The van der Waals surface area contributed by atoms with Crippen molar-refractivity contribution in [2.45, 2.75) is 12.6 Å². The number of likely N-dealkylation sites (N-methyl/N-ethyl adjacent to an activating group) is 2. The van der Waals surface area contributed by atoms with Crippen molar-refractivity contribution in [3.05, 3.63) is 18.5 Å². The van der Waals surface area contributed by atoms with Gasteiger partial charge in [0.2, 0.25) is 0 Å². The van der Waals surface area contributed by atoms with Gasteiger partial charge in [-0.1, -0.05) is 0 Å². The smallest absolute Gasteiger partial charge is 0.0533 e. The van der Waals surface area contributed by atoms with Crippen LogP contribution >= 0.6 is 0 Å². The van der Waals surface area contributed by atoms with E-state index in [2.05, 4.69) is 34.3 Å². The SMILES string of the molecule is CN1CCN(C)C(CNCCn2cccn2)C1. The number of rotatable bonds is 5. The molecule has 0 amide bonds. The fraction of sp³-hybridized carbons (Fsp3) is 0.750. The molecule has 1 unspecified atom stereocenters. The van der Waals surface area contributed by atoms with Crippen molar-refractivity contribution in [1.29, 1.82) is 0 Å². The van der Waals surface area contributed by atoms with E-state index in [4.69, 9.17) is 0 Å². The largest absolute Gasteiger partial charge is 0.313 e. The molecule has 5 heteroatoms. The maximum absolute atomic E-state index is 4.19. The predicted molar refractivity (Wildman–Crippen MR) is 69.0 cm³/mol. The Bertz CT molecular complexity index is 311. The first-order valence-electron chi connectivity index (χ1n) is 6.32. The van der Waals surface area contributed by atoms with Gasteiger partial charge in [0.25, 0.3) is 0 Å². The minimum absolute atomic E-state index is 0.631. The Labute approximate surface area is 103 Å². The summed E-state index contributed by atoms with van der Waals surface area (Å²) in [7, 11) is 4.41. The molecule has 1 fully saturated rings. The highest BCUT2D eigenvalue weighted by atomic mass is 15.3. The quantitative estimate of drug-likeness (QED) is 0.715. The Balaban J connectivity index is 1.64. The van der Waals surface area contributed by atoms with Crippen LogP contribution in [0.5, 0.6) is 0 Å². The second-order valence-electron chi connectivity index (χ2n) is 4.87. The van der Waals surface area contributed by atoms with Crippen LogP contribution in [0.25, 0.3) is 0 Å². The van der Waals surface area contributed by atoms with Crippen molar-refractivity contribution in [2.75, 3.05) is 46.8 Å². The molecule has 5 nitrogen and oxygen atoms in total. The lowest BCUT2D eigenvalue weighted by molar-refractivity contribution is 0.113. The Hall–Kier alpha value is -0.910. The molecule has 0 aromatic carbocycles. The summed E-state index contributed by atoms with van der Waals surface area (Å²) in [6, 6.07) is 2.59. The molecular weight excluding hydrogens is 214 g/mol. The number of hydrogen-bond donors (Lipinski definition) is 1. The Morgan fingerprint density at radius 1 is 1.35 bits per heavy atom. The van der Waals surface area contributed by atoms with Crippen molar-refractivity contribution in [3.63, 3.8) is 0 Å². The lowest BCUT2D eigenvalue weighted by Gasteiger charge is -2.37. The normalized spacial score (nSPS) is 23.1. The van der Waals surface area contributed by atoms with Gasteiger partial charge < -0.3 is 10.2 Å². The number of aromatic nitrogens is 2. The molecule has 2 rings (SSSR count). The summed E-state index contributed by atoms with van der Waals surface area (Å²) >= 11 is 0. The lowest BCUT2D eigenvalue weighted by Crippen LogP contribution is -2.53. The van der Waals surface area contributed by atoms with E-state index in [0.717, 1.165) is 26.2 Å². The van der Waals surface area contributed by atoms with Crippen LogP contribution in [0.15, 0.2) is 18.5 Å². The third kappa shape index (κ3) is 3.80. The molecule has 1 aliphatic rings. The molecule has 0 bridgehead atoms. The standard InChI is InChI=1S/C12H23N5/c1-15-8-9-16(2)12(11-15)10-13-5-7-17-6-3-4-14-17/h3-4,6,12-13H,5,7-11H2,1-2H3. The molecule has 1 aromatic rings. The molecule has 96 valence electrons. The number of piperazine rings is 1. The Kier molecular flexibility index (Phi) is 4.53. The molecule has 1 saturated heterocycles. The summed E-state index contributed by atoms with van der Waals surface area (Å²) in [4.78, 5) is 4.85. The van der Waals surface area contributed by atoms with E-state index in [0.29, 0.717) is 6.04 Å². The van der Waals surface area contributed by atoms with Gasteiger partial charge in [0.05, 0.1) is 6.54 Å². The minimum Gasteiger partial charge on any atom is -0.313 e. The molecular formula is C12H23N5. The number of nitrogens with zero attached hydrogens (tertiary/aromatic N) is 4. The molecule has 1 aromatic heterocycles. The maximum atomic E-state index is 4.19. The van der Waals surface area contributed by atoms with Gasteiger partial charge in [-0.25, -0.2) is 0 Å². The molecule has 0 spiro atoms. The van der Waals surface area contributed by atoms with Crippen LogP contribution in [-0.2, 0) is 6.54 Å². The Morgan fingerprint density at radius 3 is 3.00 bits per heavy atom. The maximum Gasteiger partial charge on any atom is 0.0533 e. The van der Waals surface area contributed by atoms with E-state index >= 15 is 0 Å². The molecule has 2 heterocycles. The van der Waals surface area contributed by atoms with Gasteiger partial charge >= 0.3 is 0 Å². The van der Waals surface area contributed by atoms with Crippen molar-refractivity contribution in [1.82, 2.24) is 24.9 Å². The predicted octanol–water partition coefficient (Wildman–Crippen LogP) is -0.281. The molecule has 0 saturated carbocycles. The van der Waals surface area contributed by atoms with E-state index in [1.54, 1.807) is 0 Å². The molecule has 1 N–H and O–H groups in total. The molecule has 0 radical (unpaired) electrons. The summed E-state index contributed by atoms with van der Waals surface area (Å²) in [6.07, 6.45) is 3.83. The third-order valence-corrected chi connectivity index (χ3v) is 3.44. The first-order valence-corrected chi connectivity index (χ1v) is 6.32. The summed E-state index contributed by atoms with van der Waals surface area (Å²) < 4.78 is 1.96. The monoisotopic (exact) mass is 237 g/mol.